The van der Waals surface area contributed by atoms with Gasteiger partial charge in [0.1, 0.15) is 5.82 Å². The van der Waals surface area contributed by atoms with Crippen LogP contribution in [0.5, 0.6) is 0 Å². The van der Waals surface area contributed by atoms with Gasteiger partial charge in [0, 0.05) is 11.8 Å². The maximum atomic E-state index is 13.4. The Kier molecular flexibility index (Phi) is 3.21. The van der Waals surface area contributed by atoms with Crippen LogP contribution in [-0.2, 0) is 0 Å². The van der Waals surface area contributed by atoms with Gasteiger partial charge in [-0.3, -0.25) is 0 Å². The minimum Gasteiger partial charge on any atom is -0.231 e. The van der Waals surface area contributed by atoms with E-state index in [1.807, 2.05) is 0 Å². The second-order valence-corrected chi connectivity index (χ2v) is 4.41. The Balaban J connectivity index is 2.60. The summed E-state index contributed by atoms with van der Waals surface area (Å²) < 4.78 is 13.9. The fourth-order valence-electron chi connectivity index (χ4n) is 1.33. The van der Waals surface area contributed by atoms with E-state index in [4.69, 9.17) is 11.6 Å². The molecule has 0 radical (unpaired) electrons. The van der Waals surface area contributed by atoms with Gasteiger partial charge in [-0.1, -0.05) is 11.6 Å². The minimum atomic E-state index is -0.297. The summed E-state index contributed by atoms with van der Waals surface area (Å²) in [7, 11) is 0. The number of rotatable bonds is 1. The molecular weight excluding hydrogens is 294 g/mol. The van der Waals surface area contributed by atoms with Crippen LogP contribution in [0.4, 0.5) is 4.39 Å². The van der Waals surface area contributed by atoms with Gasteiger partial charge in [0.2, 0.25) is 0 Å². The van der Waals surface area contributed by atoms with Crippen LogP contribution >= 0.6 is 27.5 Å². The number of aryl methyl sites for hydroxylation is 1. The van der Waals surface area contributed by atoms with Gasteiger partial charge in [0.15, 0.2) is 4.73 Å². The van der Waals surface area contributed by atoms with Crippen molar-refractivity contribution in [3.63, 3.8) is 0 Å². The van der Waals surface area contributed by atoms with Crippen LogP contribution in [0, 0.1) is 12.7 Å². The van der Waals surface area contributed by atoms with E-state index in [9.17, 15) is 4.39 Å². The van der Waals surface area contributed by atoms with E-state index in [0.29, 0.717) is 26.6 Å². The Morgan fingerprint density at radius 2 is 2.12 bits per heavy atom. The molecule has 0 unspecified atom stereocenters. The van der Waals surface area contributed by atoms with Gasteiger partial charge < -0.3 is 0 Å². The van der Waals surface area contributed by atoms with Gasteiger partial charge in [-0.05, 0) is 46.6 Å². The summed E-state index contributed by atoms with van der Waals surface area (Å²) in [5.41, 5.74) is 1.67. The molecule has 0 spiro atoms. The van der Waals surface area contributed by atoms with Crippen LogP contribution in [-0.4, -0.2) is 9.97 Å². The number of aromatic nitrogens is 2. The molecule has 0 N–H and O–H groups in total. The molecule has 16 heavy (non-hydrogen) atoms. The van der Waals surface area contributed by atoms with Crippen LogP contribution in [0.3, 0.4) is 0 Å². The first kappa shape index (κ1) is 11.5. The van der Waals surface area contributed by atoms with E-state index >= 15 is 0 Å². The molecule has 1 aromatic heterocycles. The zero-order valence-corrected chi connectivity index (χ0v) is 10.7. The van der Waals surface area contributed by atoms with Gasteiger partial charge in [0.05, 0.1) is 10.7 Å². The first-order valence-electron chi connectivity index (χ1n) is 4.52. The van der Waals surface area contributed by atoms with Gasteiger partial charge in [-0.2, -0.15) is 0 Å². The molecule has 0 bridgehead atoms. The molecule has 0 aliphatic carbocycles. The first-order chi connectivity index (χ1) is 7.58. The summed E-state index contributed by atoms with van der Waals surface area (Å²) in [6.07, 6.45) is 1.58. The molecule has 82 valence electrons. The molecule has 0 saturated carbocycles. The Labute approximate surface area is 106 Å². The third-order valence-electron chi connectivity index (χ3n) is 2.15. The predicted molar refractivity (Wildman–Crippen MR) is 64.9 cm³/mol. The number of halogens is 3. The summed E-state index contributed by atoms with van der Waals surface area (Å²) in [6.45, 7) is 1.67. The number of nitrogens with zero attached hydrogens (tertiary/aromatic N) is 2. The Hall–Kier alpha value is -1.00. The fraction of sp³-hybridized carbons (Fsp3) is 0.0909. The SMILES string of the molecule is Cc1cc(Cl)c(-c2ccnc(Br)n2)cc1F. The van der Waals surface area contributed by atoms with Crippen LogP contribution in [0.25, 0.3) is 11.3 Å². The van der Waals surface area contributed by atoms with Gasteiger partial charge in [-0.25, -0.2) is 14.4 Å². The summed E-state index contributed by atoms with van der Waals surface area (Å²) in [4.78, 5) is 8.03. The highest BCUT2D eigenvalue weighted by molar-refractivity contribution is 9.10. The molecule has 2 aromatic rings. The molecule has 1 heterocycles. The van der Waals surface area contributed by atoms with E-state index in [0.717, 1.165) is 0 Å². The first-order valence-corrected chi connectivity index (χ1v) is 5.69. The summed E-state index contributed by atoms with van der Waals surface area (Å²) in [5, 5.41) is 0.476. The number of hydrogen-bond acceptors (Lipinski definition) is 2. The lowest BCUT2D eigenvalue weighted by Crippen LogP contribution is -1.91. The molecule has 2 rings (SSSR count). The molecule has 0 aliphatic rings. The fourth-order valence-corrected chi connectivity index (χ4v) is 1.95. The monoisotopic (exact) mass is 300 g/mol. The molecule has 1 aromatic carbocycles. The van der Waals surface area contributed by atoms with E-state index in [-0.39, 0.29) is 5.82 Å². The van der Waals surface area contributed by atoms with Crippen molar-refractivity contribution >= 4 is 27.5 Å². The van der Waals surface area contributed by atoms with Crippen molar-refractivity contribution < 1.29 is 4.39 Å². The lowest BCUT2D eigenvalue weighted by atomic mass is 10.1. The van der Waals surface area contributed by atoms with E-state index in [1.165, 1.54) is 6.07 Å². The van der Waals surface area contributed by atoms with Crippen molar-refractivity contribution in [1.82, 2.24) is 9.97 Å². The zero-order chi connectivity index (χ0) is 11.7. The van der Waals surface area contributed by atoms with Crippen molar-refractivity contribution in [2.75, 3.05) is 0 Å². The van der Waals surface area contributed by atoms with E-state index < -0.39 is 0 Å². The van der Waals surface area contributed by atoms with E-state index in [1.54, 1.807) is 25.3 Å². The average Bonchev–Trinajstić information content (AvgIpc) is 2.23. The standard InChI is InChI=1S/C11H7BrClFN2/c1-6-4-8(13)7(5-9(6)14)10-2-3-15-11(12)16-10/h2-5H,1H3. The predicted octanol–water partition coefficient (Wildman–Crippen LogP) is 4.01. The molecule has 5 heteroatoms. The average molecular weight is 302 g/mol. The van der Waals surface area contributed by atoms with Gasteiger partial charge in [-0.15, -0.1) is 0 Å². The maximum Gasteiger partial charge on any atom is 0.197 e. The Bertz CT molecular complexity index is 546. The lowest BCUT2D eigenvalue weighted by molar-refractivity contribution is 0.619. The topological polar surface area (TPSA) is 25.8 Å². The van der Waals surface area contributed by atoms with E-state index in [2.05, 4.69) is 25.9 Å². The highest BCUT2D eigenvalue weighted by Gasteiger charge is 2.09. The molecule has 0 saturated heterocycles. The molecule has 0 atom stereocenters. The zero-order valence-electron chi connectivity index (χ0n) is 8.34. The highest BCUT2D eigenvalue weighted by Crippen LogP contribution is 2.29. The molecule has 2 nitrogen and oxygen atoms in total. The minimum absolute atomic E-state index is 0.297. The van der Waals surface area contributed by atoms with Crippen molar-refractivity contribution in [3.8, 4) is 11.3 Å². The van der Waals surface area contributed by atoms with Crippen molar-refractivity contribution in [3.05, 3.63) is 45.5 Å². The normalized spacial score (nSPS) is 10.5. The number of benzene rings is 1. The second-order valence-electron chi connectivity index (χ2n) is 3.29. The highest BCUT2D eigenvalue weighted by atomic mass is 79.9. The Morgan fingerprint density at radius 1 is 1.38 bits per heavy atom. The quantitative estimate of drug-likeness (QED) is 0.744. The van der Waals surface area contributed by atoms with Crippen LogP contribution in [0.2, 0.25) is 5.02 Å². The summed E-state index contributed by atoms with van der Waals surface area (Å²) in [5.74, 6) is -0.297. The third-order valence-corrected chi connectivity index (χ3v) is 2.85. The maximum absolute atomic E-state index is 13.4. The van der Waals surface area contributed by atoms with Crippen LogP contribution in [0.15, 0.2) is 29.1 Å². The van der Waals surface area contributed by atoms with Crippen molar-refractivity contribution in [2.24, 2.45) is 0 Å². The molecule has 0 aliphatic heterocycles. The number of hydrogen-bond donors (Lipinski definition) is 0. The Morgan fingerprint density at radius 3 is 2.81 bits per heavy atom. The molecule has 0 amide bonds. The summed E-state index contributed by atoms with van der Waals surface area (Å²) in [6, 6.07) is 4.65. The largest absolute Gasteiger partial charge is 0.231 e. The second kappa shape index (κ2) is 4.47. The smallest absolute Gasteiger partial charge is 0.197 e. The third kappa shape index (κ3) is 2.23. The van der Waals surface area contributed by atoms with Crippen LogP contribution in [0.1, 0.15) is 5.56 Å². The summed E-state index contributed by atoms with van der Waals surface area (Å²) >= 11 is 9.20. The lowest BCUT2D eigenvalue weighted by Gasteiger charge is -2.05. The molecule has 0 fully saturated rings. The molecular formula is C11H7BrClFN2. The van der Waals surface area contributed by atoms with Crippen molar-refractivity contribution in [2.45, 2.75) is 6.92 Å². The van der Waals surface area contributed by atoms with Gasteiger partial charge >= 0.3 is 0 Å². The van der Waals surface area contributed by atoms with Crippen LogP contribution < -0.4 is 0 Å². The van der Waals surface area contributed by atoms with Crippen molar-refractivity contribution in [1.29, 1.82) is 0 Å². The van der Waals surface area contributed by atoms with Gasteiger partial charge in [0.25, 0.3) is 0 Å².